The molecule has 1 atom stereocenters. The van der Waals surface area contributed by atoms with Crippen LogP contribution in [0.2, 0.25) is 0 Å². The quantitative estimate of drug-likeness (QED) is 0.350. The Morgan fingerprint density at radius 3 is 1.86 bits per heavy atom. The maximum absolute atomic E-state index is 4.98. The Kier molecular flexibility index (Phi) is 4.64. The van der Waals surface area contributed by atoms with Crippen LogP contribution in [0.25, 0.3) is 22.3 Å². The van der Waals surface area contributed by atoms with E-state index < -0.39 is 0 Å². The molecule has 0 radical (unpaired) electrons. The van der Waals surface area contributed by atoms with Crippen molar-refractivity contribution in [1.29, 1.82) is 0 Å². The molecule has 136 valence electrons. The lowest BCUT2D eigenvalue weighted by Crippen LogP contribution is -1.91. The molecule has 1 aromatic heterocycles. The van der Waals surface area contributed by atoms with Crippen molar-refractivity contribution in [3.63, 3.8) is 0 Å². The monoisotopic (exact) mass is 379 g/mol. The molecule has 28 heavy (non-hydrogen) atoms. The minimum absolute atomic E-state index is 0.298. The lowest BCUT2D eigenvalue weighted by atomic mass is 9.98. The van der Waals surface area contributed by atoms with E-state index in [2.05, 4.69) is 96.4 Å². The second-order valence-electron chi connectivity index (χ2n) is 7.17. The van der Waals surface area contributed by atoms with Gasteiger partial charge in [0.2, 0.25) is 0 Å². The Hall–Kier alpha value is -2.97. The Bertz CT molecular complexity index is 1080. The highest BCUT2D eigenvalue weighted by molar-refractivity contribution is 7.12. The summed E-state index contributed by atoms with van der Waals surface area (Å²) >= 11 is 1.79. The van der Waals surface area contributed by atoms with Gasteiger partial charge in [-0.3, -0.25) is 4.99 Å². The van der Waals surface area contributed by atoms with Crippen LogP contribution in [0, 0.1) is 0 Å². The van der Waals surface area contributed by atoms with Gasteiger partial charge < -0.3 is 0 Å². The molecule has 1 aliphatic rings. The van der Waals surface area contributed by atoms with E-state index in [0.717, 1.165) is 12.8 Å². The highest BCUT2D eigenvalue weighted by atomic mass is 32.1. The first-order chi connectivity index (χ1) is 13.9. The van der Waals surface area contributed by atoms with E-state index in [0.29, 0.717) is 6.04 Å². The van der Waals surface area contributed by atoms with Gasteiger partial charge in [-0.1, -0.05) is 84.9 Å². The minimum atomic E-state index is 0.298. The second kappa shape index (κ2) is 7.57. The van der Waals surface area contributed by atoms with Crippen LogP contribution in [-0.2, 0) is 0 Å². The first kappa shape index (κ1) is 17.2. The fourth-order valence-electron chi connectivity index (χ4n) is 3.84. The number of aliphatic imine (C=N–C) groups is 1. The molecule has 2 heteroatoms. The van der Waals surface area contributed by atoms with E-state index in [4.69, 9.17) is 4.99 Å². The number of rotatable bonds is 4. The molecule has 2 heterocycles. The van der Waals surface area contributed by atoms with E-state index in [1.807, 2.05) is 0 Å². The summed E-state index contributed by atoms with van der Waals surface area (Å²) in [5, 5.41) is 2.13. The van der Waals surface area contributed by atoms with Gasteiger partial charge in [0.1, 0.15) is 0 Å². The van der Waals surface area contributed by atoms with Crippen LogP contribution >= 0.6 is 11.3 Å². The fourth-order valence-corrected chi connectivity index (χ4v) is 4.60. The zero-order valence-corrected chi connectivity index (χ0v) is 16.4. The van der Waals surface area contributed by atoms with Crippen LogP contribution in [0.5, 0.6) is 0 Å². The van der Waals surface area contributed by atoms with Crippen molar-refractivity contribution in [3.8, 4) is 22.3 Å². The van der Waals surface area contributed by atoms with Crippen molar-refractivity contribution >= 4 is 17.0 Å². The van der Waals surface area contributed by atoms with E-state index >= 15 is 0 Å². The molecule has 0 N–H and O–H groups in total. The molecule has 1 unspecified atom stereocenters. The molecule has 1 aliphatic heterocycles. The van der Waals surface area contributed by atoms with Gasteiger partial charge in [0.25, 0.3) is 0 Å². The van der Waals surface area contributed by atoms with E-state index in [1.54, 1.807) is 11.3 Å². The summed E-state index contributed by atoms with van der Waals surface area (Å²) in [7, 11) is 0. The topological polar surface area (TPSA) is 12.4 Å². The van der Waals surface area contributed by atoms with Crippen LogP contribution in [0.3, 0.4) is 0 Å². The standard InChI is InChI=1S/C26H21NS/c1-2-5-19(6-3-1)20-8-10-21(11-9-20)22-12-14-23(15-13-22)24-16-17-25(27-24)26-7-4-18-28-26/h1-15,18,24H,16-17H2. The number of nitrogens with zero attached hydrogens (tertiary/aromatic N) is 1. The first-order valence-corrected chi connectivity index (χ1v) is 10.6. The van der Waals surface area contributed by atoms with Crippen molar-refractivity contribution in [3.05, 3.63) is 107 Å². The lowest BCUT2D eigenvalue weighted by molar-refractivity contribution is 0.723. The van der Waals surface area contributed by atoms with Gasteiger partial charge >= 0.3 is 0 Å². The minimum Gasteiger partial charge on any atom is -0.280 e. The average molecular weight is 380 g/mol. The maximum Gasteiger partial charge on any atom is 0.0756 e. The molecule has 0 aliphatic carbocycles. The fraction of sp³-hybridized carbons (Fsp3) is 0.115. The van der Waals surface area contributed by atoms with E-state index in [1.165, 1.54) is 38.4 Å². The maximum atomic E-state index is 4.98. The number of hydrogen-bond donors (Lipinski definition) is 0. The van der Waals surface area contributed by atoms with Crippen molar-refractivity contribution in [2.75, 3.05) is 0 Å². The zero-order valence-electron chi connectivity index (χ0n) is 15.6. The van der Waals surface area contributed by atoms with Crippen LogP contribution in [0.4, 0.5) is 0 Å². The molecule has 0 spiro atoms. The Morgan fingerprint density at radius 1 is 0.643 bits per heavy atom. The normalized spacial score (nSPS) is 16.1. The second-order valence-corrected chi connectivity index (χ2v) is 8.12. The van der Waals surface area contributed by atoms with Crippen LogP contribution in [0.15, 0.2) is 101 Å². The lowest BCUT2D eigenvalue weighted by Gasteiger charge is -2.09. The molecular formula is C26H21NS. The van der Waals surface area contributed by atoms with Gasteiger partial charge in [-0.05, 0) is 52.1 Å². The predicted molar refractivity (Wildman–Crippen MR) is 120 cm³/mol. The SMILES string of the molecule is c1ccc(-c2ccc(-c3ccc(C4CCC(c5cccs5)=N4)cc3)cc2)cc1. The zero-order chi connectivity index (χ0) is 18.8. The van der Waals surface area contributed by atoms with Gasteiger partial charge in [-0.2, -0.15) is 0 Å². The largest absolute Gasteiger partial charge is 0.280 e. The first-order valence-electron chi connectivity index (χ1n) is 9.73. The molecule has 3 aromatic carbocycles. The van der Waals surface area contributed by atoms with E-state index in [9.17, 15) is 0 Å². The average Bonchev–Trinajstić information content (AvgIpc) is 3.47. The molecule has 0 fully saturated rings. The molecular weight excluding hydrogens is 358 g/mol. The Balaban J connectivity index is 1.34. The molecule has 5 rings (SSSR count). The Labute approximate surface area is 170 Å². The molecule has 0 saturated heterocycles. The summed E-state index contributed by atoms with van der Waals surface area (Å²) in [6.07, 6.45) is 2.19. The molecule has 0 amide bonds. The van der Waals surface area contributed by atoms with Gasteiger partial charge in [-0.25, -0.2) is 0 Å². The molecule has 1 nitrogen and oxygen atoms in total. The summed E-state index contributed by atoms with van der Waals surface area (Å²) in [6, 6.07) is 32.8. The highest BCUT2D eigenvalue weighted by Crippen LogP contribution is 2.33. The summed E-state index contributed by atoms with van der Waals surface area (Å²) in [4.78, 5) is 6.29. The third-order valence-corrected chi connectivity index (χ3v) is 6.31. The van der Waals surface area contributed by atoms with Gasteiger partial charge in [0.15, 0.2) is 0 Å². The van der Waals surface area contributed by atoms with Crippen LogP contribution in [-0.4, -0.2) is 5.71 Å². The smallest absolute Gasteiger partial charge is 0.0756 e. The van der Waals surface area contributed by atoms with Crippen LogP contribution < -0.4 is 0 Å². The van der Waals surface area contributed by atoms with Crippen LogP contribution in [0.1, 0.15) is 29.3 Å². The summed E-state index contributed by atoms with van der Waals surface area (Å²) < 4.78 is 0. The summed E-state index contributed by atoms with van der Waals surface area (Å²) in [6.45, 7) is 0. The van der Waals surface area contributed by atoms with Crippen molar-refractivity contribution in [2.45, 2.75) is 18.9 Å². The van der Waals surface area contributed by atoms with Crippen molar-refractivity contribution < 1.29 is 0 Å². The predicted octanol–water partition coefficient (Wildman–Crippen LogP) is 7.41. The molecule has 0 bridgehead atoms. The van der Waals surface area contributed by atoms with E-state index in [-0.39, 0.29) is 0 Å². The highest BCUT2D eigenvalue weighted by Gasteiger charge is 2.20. The summed E-state index contributed by atoms with van der Waals surface area (Å²) in [5.41, 5.74) is 7.59. The number of thiophene rings is 1. The number of benzene rings is 3. The third-order valence-electron chi connectivity index (χ3n) is 5.39. The van der Waals surface area contributed by atoms with Gasteiger partial charge in [0, 0.05) is 4.88 Å². The van der Waals surface area contributed by atoms with Gasteiger partial charge in [-0.15, -0.1) is 11.3 Å². The van der Waals surface area contributed by atoms with Crippen molar-refractivity contribution in [1.82, 2.24) is 0 Å². The van der Waals surface area contributed by atoms with Crippen molar-refractivity contribution in [2.24, 2.45) is 4.99 Å². The number of hydrogen-bond acceptors (Lipinski definition) is 2. The molecule has 0 saturated carbocycles. The molecule has 4 aromatic rings. The third kappa shape index (κ3) is 3.44. The Morgan fingerprint density at radius 2 is 1.25 bits per heavy atom. The summed E-state index contributed by atoms with van der Waals surface area (Å²) in [5.74, 6) is 0. The van der Waals surface area contributed by atoms with Gasteiger partial charge in [0.05, 0.1) is 11.8 Å².